The minimum atomic E-state index is 0.534. The third-order valence-electron chi connectivity index (χ3n) is 5.36. The average molecular weight is 279 g/mol. The maximum Gasteiger partial charge on any atom is 0.0567 e. The molecule has 2 saturated heterocycles. The monoisotopic (exact) mass is 279 g/mol. The van der Waals surface area contributed by atoms with Gasteiger partial charge < -0.3 is 10.2 Å². The highest BCUT2D eigenvalue weighted by Crippen LogP contribution is 2.29. The average Bonchev–Trinajstić information content (AvgIpc) is 2.48. The van der Waals surface area contributed by atoms with Crippen LogP contribution < -0.4 is 5.32 Å². The van der Waals surface area contributed by atoms with E-state index in [1.807, 2.05) is 0 Å². The number of nitrogens with one attached hydrogen (secondary N) is 1. The summed E-state index contributed by atoms with van der Waals surface area (Å²) in [5, 5.41) is 3.55. The lowest BCUT2D eigenvalue weighted by molar-refractivity contribution is 0.0467. The molecule has 0 saturated carbocycles. The van der Waals surface area contributed by atoms with Crippen molar-refractivity contribution in [3.8, 4) is 0 Å². The molecule has 1 N–H and O–H groups in total. The van der Waals surface area contributed by atoms with E-state index in [4.69, 9.17) is 0 Å². The maximum absolute atomic E-state index is 4.29. The van der Waals surface area contributed by atoms with Gasteiger partial charge >= 0.3 is 0 Å². The van der Waals surface area contributed by atoms with Gasteiger partial charge in [-0.25, -0.2) is 0 Å². The van der Waals surface area contributed by atoms with Crippen LogP contribution in [0.3, 0.4) is 0 Å². The van der Waals surface area contributed by atoms with Crippen molar-refractivity contribution < 1.29 is 0 Å². The Hall–Kier alpha value is -0.540. The van der Waals surface area contributed by atoms with Crippen LogP contribution >= 0.6 is 0 Å². The van der Waals surface area contributed by atoms with Gasteiger partial charge in [-0.3, -0.25) is 4.90 Å². The first-order chi connectivity index (χ1) is 9.63. The zero-order valence-electron chi connectivity index (χ0n) is 13.7. The summed E-state index contributed by atoms with van der Waals surface area (Å²) in [4.78, 5) is 5.09. The number of unbranched alkanes of at least 4 members (excludes halogenated alkanes) is 1. The van der Waals surface area contributed by atoms with Crippen molar-refractivity contribution in [2.75, 3.05) is 26.7 Å². The van der Waals surface area contributed by atoms with Gasteiger partial charge in [0.2, 0.25) is 0 Å². The molecule has 3 heteroatoms. The lowest BCUT2D eigenvalue weighted by atomic mass is 9.85. The molecule has 2 aliphatic rings. The summed E-state index contributed by atoms with van der Waals surface area (Å²) in [6, 6.07) is 0.775. The first kappa shape index (κ1) is 15.8. The molecule has 3 nitrogen and oxygen atoms in total. The fourth-order valence-electron chi connectivity index (χ4n) is 3.78. The van der Waals surface area contributed by atoms with Crippen molar-refractivity contribution in [1.29, 1.82) is 0 Å². The minimum Gasteiger partial charge on any atom is -0.375 e. The van der Waals surface area contributed by atoms with Gasteiger partial charge in [0.1, 0.15) is 0 Å². The van der Waals surface area contributed by atoms with Crippen molar-refractivity contribution in [3.05, 3.63) is 12.3 Å². The molecule has 0 aromatic heterocycles. The highest BCUT2D eigenvalue weighted by molar-refractivity contribution is 4.97. The van der Waals surface area contributed by atoms with Crippen molar-refractivity contribution in [1.82, 2.24) is 15.1 Å². The van der Waals surface area contributed by atoms with Gasteiger partial charge in [0.25, 0.3) is 0 Å². The molecule has 20 heavy (non-hydrogen) atoms. The smallest absolute Gasteiger partial charge is 0.0567 e. The number of piperidine rings is 1. The normalized spacial score (nSPS) is 29.6. The van der Waals surface area contributed by atoms with Crippen molar-refractivity contribution >= 4 is 0 Å². The zero-order valence-corrected chi connectivity index (χ0v) is 13.7. The van der Waals surface area contributed by atoms with Crippen LogP contribution in [0.2, 0.25) is 0 Å². The topological polar surface area (TPSA) is 18.5 Å². The van der Waals surface area contributed by atoms with Gasteiger partial charge in [0.15, 0.2) is 0 Å². The fourth-order valence-corrected chi connectivity index (χ4v) is 3.78. The van der Waals surface area contributed by atoms with Crippen molar-refractivity contribution in [3.63, 3.8) is 0 Å². The molecule has 0 spiro atoms. The standard InChI is InChI=1S/C17H33N3/c1-5-6-7-14(2)20-12-9-16(10-13-20)17-8-11-18-15(3)19(17)4/h15-18H,2,5-13H2,1,3-4H3/t15?,17-/m0/s1. The van der Waals surface area contributed by atoms with Gasteiger partial charge in [-0.1, -0.05) is 19.9 Å². The lowest BCUT2D eigenvalue weighted by Crippen LogP contribution is -2.56. The van der Waals surface area contributed by atoms with E-state index in [1.165, 1.54) is 63.9 Å². The molecular formula is C17H33N3. The summed E-state index contributed by atoms with van der Waals surface area (Å²) in [6.07, 6.45) is 8.26. The zero-order chi connectivity index (χ0) is 14.5. The SMILES string of the molecule is C=C(CCCC)N1CCC([C@@H]2CCNC(C)N2C)CC1. The second kappa shape index (κ2) is 7.46. The molecule has 2 atom stereocenters. The third kappa shape index (κ3) is 3.76. The predicted molar refractivity (Wildman–Crippen MR) is 86.6 cm³/mol. The molecule has 0 amide bonds. The van der Waals surface area contributed by atoms with Crippen LogP contribution in [-0.2, 0) is 0 Å². The molecule has 2 rings (SSSR count). The van der Waals surface area contributed by atoms with Gasteiger partial charge in [-0.2, -0.15) is 0 Å². The van der Waals surface area contributed by atoms with Crippen LogP contribution in [0.15, 0.2) is 12.3 Å². The van der Waals surface area contributed by atoms with E-state index in [0.29, 0.717) is 6.17 Å². The summed E-state index contributed by atoms with van der Waals surface area (Å²) in [5.74, 6) is 0.875. The van der Waals surface area contributed by atoms with Crippen LogP contribution in [-0.4, -0.2) is 48.7 Å². The molecule has 2 heterocycles. The number of rotatable bonds is 5. The third-order valence-corrected chi connectivity index (χ3v) is 5.36. The minimum absolute atomic E-state index is 0.534. The molecule has 0 radical (unpaired) electrons. The summed E-state index contributed by atoms with van der Waals surface area (Å²) < 4.78 is 0. The van der Waals surface area contributed by atoms with Crippen LogP contribution in [0.25, 0.3) is 0 Å². The number of allylic oxidation sites excluding steroid dienone is 1. The van der Waals surface area contributed by atoms with E-state index in [9.17, 15) is 0 Å². The molecule has 0 aliphatic carbocycles. The Morgan fingerprint density at radius 2 is 1.95 bits per heavy atom. The summed E-state index contributed by atoms with van der Waals surface area (Å²) in [5.41, 5.74) is 1.37. The maximum atomic E-state index is 4.29. The molecule has 0 bridgehead atoms. The highest BCUT2D eigenvalue weighted by Gasteiger charge is 2.33. The van der Waals surface area contributed by atoms with Gasteiger partial charge in [0, 0.05) is 24.8 Å². The van der Waals surface area contributed by atoms with Crippen LogP contribution in [0.4, 0.5) is 0 Å². The number of hydrogen-bond donors (Lipinski definition) is 1. The highest BCUT2D eigenvalue weighted by atomic mass is 15.3. The van der Waals surface area contributed by atoms with Crippen molar-refractivity contribution in [2.24, 2.45) is 5.92 Å². The van der Waals surface area contributed by atoms with E-state index < -0.39 is 0 Å². The van der Waals surface area contributed by atoms with Crippen LogP contribution in [0, 0.1) is 5.92 Å². The Bertz CT molecular complexity index is 307. The van der Waals surface area contributed by atoms with Gasteiger partial charge in [0.05, 0.1) is 6.17 Å². The first-order valence-corrected chi connectivity index (χ1v) is 8.51. The summed E-state index contributed by atoms with van der Waals surface area (Å²) in [6.45, 7) is 12.5. The van der Waals surface area contributed by atoms with E-state index in [-0.39, 0.29) is 0 Å². The summed E-state index contributed by atoms with van der Waals surface area (Å²) >= 11 is 0. The Morgan fingerprint density at radius 1 is 1.25 bits per heavy atom. The Labute approximate surface area is 125 Å². The second-order valence-corrected chi connectivity index (χ2v) is 6.65. The molecule has 0 aromatic carbocycles. The lowest BCUT2D eigenvalue weighted by Gasteiger charge is -2.45. The van der Waals surface area contributed by atoms with E-state index in [1.54, 1.807) is 0 Å². The van der Waals surface area contributed by atoms with E-state index >= 15 is 0 Å². The largest absolute Gasteiger partial charge is 0.375 e. The van der Waals surface area contributed by atoms with E-state index in [0.717, 1.165) is 12.0 Å². The van der Waals surface area contributed by atoms with Gasteiger partial charge in [-0.05, 0) is 58.5 Å². The molecule has 1 unspecified atom stereocenters. The number of likely N-dealkylation sites (tertiary alicyclic amines) is 1. The predicted octanol–water partition coefficient (Wildman–Crippen LogP) is 3.04. The summed E-state index contributed by atoms with van der Waals surface area (Å²) in [7, 11) is 2.29. The van der Waals surface area contributed by atoms with Gasteiger partial charge in [-0.15, -0.1) is 0 Å². The Morgan fingerprint density at radius 3 is 2.60 bits per heavy atom. The molecule has 116 valence electrons. The fraction of sp³-hybridized carbons (Fsp3) is 0.882. The molecular weight excluding hydrogens is 246 g/mol. The number of hydrogen-bond acceptors (Lipinski definition) is 3. The Kier molecular flexibility index (Phi) is 5.91. The Balaban J connectivity index is 1.80. The molecule has 2 aliphatic heterocycles. The second-order valence-electron chi connectivity index (χ2n) is 6.65. The molecule has 0 aromatic rings. The van der Waals surface area contributed by atoms with Crippen molar-refractivity contribution in [2.45, 2.75) is 64.6 Å². The van der Waals surface area contributed by atoms with Crippen LogP contribution in [0.5, 0.6) is 0 Å². The molecule has 2 fully saturated rings. The quantitative estimate of drug-likeness (QED) is 0.834. The van der Waals surface area contributed by atoms with Crippen LogP contribution in [0.1, 0.15) is 52.4 Å². The van der Waals surface area contributed by atoms with E-state index in [2.05, 4.69) is 42.6 Å². The number of nitrogens with zero attached hydrogens (tertiary/aromatic N) is 2. The first-order valence-electron chi connectivity index (χ1n) is 8.51.